The fraction of sp³-hybridized carbons (Fsp3) is 0.680. The van der Waals surface area contributed by atoms with Crippen molar-refractivity contribution in [3.05, 3.63) is 29.3 Å². The van der Waals surface area contributed by atoms with Crippen molar-refractivity contribution in [2.45, 2.75) is 38.4 Å². The van der Waals surface area contributed by atoms with Gasteiger partial charge in [-0.3, -0.25) is 9.59 Å². The molecule has 1 rings (SSSR count). The van der Waals surface area contributed by atoms with Crippen LogP contribution in [-0.2, 0) is 34.0 Å². The summed E-state index contributed by atoms with van der Waals surface area (Å²) in [5, 5.41) is 5.92. The van der Waals surface area contributed by atoms with Gasteiger partial charge in [0.1, 0.15) is 13.2 Å². The molecule has 1 aromatic carbocycles. The molecule has 0 saturated heterocycles. The van der Waals surface area contributed by atoms with Crippen LogP contribution in [0.3, 0.4) is 0 Å². The normalized spacial score (nSPS) is 12.4. The molecule has 1 atom stereocenters. The van der Waals surface area contributed by atoms with Gasteiger partial charge in [0.25, 0.3) is 0 Å². The second-order valence-electron chi connectivity index (χ2n) is 8.97. The van der Waals surface area contributed by atoms with Gasteiger partial charge in [0.15, 0.2) is 0 Å². The predicted molar refractivity (Wildman–Crippen MR) is 149 cm³/mol. The van der Waals surface area contributed by atoms with E-state index in [9.17, 15) is 9.59 Å². The molecule has 2 amide bonds. The lowest BCUT2D eigenvalue weighted by Gasteiger charge is -2.26. The third-order valence-corrected chi connectivity index (χ3v) is 7.04. The maximum absolute atomic E-state index is 12.3. The molecule has 0 aliphatic carbocycles. The Bertz CT molecular complexity index is 777. The number of ether oxygens (including phenoxy) is 4. The molecule has 0 aliphatic rings. The van der Waals surface area contributed by atoms with Gasteiger partial charge in [0.2, 0.25) is 11.8 Å². The molecule has 1 aromatic rings. The van der Waals surface area contributed by atoms with Crippen LogP contribution in [0.15, 0.2) is 18.2 Å². The van der Waals surface area contributed by atoms with E-state index in [1.807, 2.05) is 6.07 Å². The third-order valence-electron chi connectivity index (χ3n) is 4.86. The standard InChI is InChI=1S/C25H43N3O6S2/c1-19(36-35-5)21-16-20(6-7-22(21)25(2,3)4)28-24(30)18-34-15-13-32-11-9-27-23(29)17-33-14-12-31-10-8-26/h6-7,16,19H,8-15,17-18,26H2,1-5H3,(H,27,29)(H,28,30). The van der Waals surface area contributed by atoms with Crippen molar-refractivity contribution in [2.75, 3.05) is 77.5 Å². The summed E-state index contributed by atoms with van der Waals surface area (Å²) in [6.45, 7) is 11.7. The number of carbonyl (C=O) groups is 2. The molecule has 0 saturated carbocycles. The molecule has 0 heterocycles. The first-order valence-corrected chi connectivity index (χ1v) is 14.7. The Morgan fingerprint density at radius 1 is 0.944 bits per heavy atom. The summed E-state index contributed by atoms with van der Waals surface area (Å²) in [6, 6.07) is 6.10. The van der Waals surface area contributed by atoms with Gasteiger partial charge in [0, 0.05) is 24.0 Å². The minimum absolute atomic E-state index is 0.0185. The summed E-state index contributed by atoms with van der Waals surface area (Å²) < 4.78 is 21.2. The van der Waals surface area contributed by atoms with E-state index in [2.05, 4.69) is 56.7 Å². The summed E-state index contributed by atoms with van der Waals surface area (Å²) in [5.74, 6) is -0.430. The minimum atomic E-state index is -0.217. The van der Waals surface area contributed by atoms with E-state index in [-0.39, 0.29) is 37.0 Å². The minimum Gasteiger partial charge on any atom is -0.378 e. The summed E-state index contributed by atoms with van der Waals surface area (Å²) in [7, 11) is 3.54. The van der Waals surface area contributed by atoms with Gasteiger partial charge >= 0.3 is 0 Å². The maximum atomic E-state index is 12.3. The fourth-order valence-electron chi connectivity index (χ4n) is 3.22. The Kier molecular flexibility index (Phi) is 17.1. The second kappa shape index (κ2) is 18.8. The van der Waals surface area contributed by atoms with Crippen molar-refractivity contribution in [3.8, 4) is 0 Å². The molecule has 11 heteroatoms. The molecular weight excluding hydrogens is 502 g/mol. The Morgan fingerprint density at radius 2 is 1.56 bits per heavy atom. The SMILES string of the molecule is CSSC(C)c1cc(NC(=O)COCCOCCNC(=O)COCCOCCN)ccc1C(C)(C)C. The quantitative estimate of drug-likeness (QED) is 0.178. The van der Waals surface area contributed by atoms with Gasteiger partial charge in [-0.15, -0.1) is 0 Å². The van der Waals surface area contributed by atoms with Gasteiger partial charge in [-0.05, 0) is 41.9 Å². The molecule has 0 bridgehead atoms. The number of nitrogens with two attached hydrogens (primary N) is 1. The lowest BCUT2D eigenvalue weighted by atomic mass is 9.83. The number of rotatable bonds is 19. The number of anilines is 1. The summed E-state index contributed by atoms with van der Waals surface area (Å²) in [4.78, 5) is 23.9. The average molecular weight is 546 g/mol. The molecule has 9 nitrogen and oxygen atoms in total. The van der Waals surface area contributed by atoms with Crippen LogP contribution in [-0.4, -0.2) is 84.0 Å². The topological polar surface area (TPSA) is 121 Å². The molecular formula is C25H43N3O6S2. The zero-order valence-corrected chi connectivity index (χ0v) is 23.9. The van der Waals surface area contributed by atoms with E-state index < -0.39 is 0 Å². The summed E-state index contributed by atoms with van der Waals surface area (Å²) in [6.07, 6.45) is 2.07. The summed E-state index contributed by atoms with van der Waals surface area (Å²) >= 11 is 0. The highest BCUT2D eigenvalue weighted by Gasteiger charge is 2.22. The molecule has 0 spiro atoms. The fourth-order valence-corrected chi connectivity index (χ4v) is 4.98. The Morgan fingerprint density at radius 3 is 2.17 bits per heavy atom. The van der Waals surface area contributed by atoms with Crippen LogP contribution in [0.4, 0.5) is 5.69 Å². The molecule has 0 fully saturated rings. The maximum Gasteiger partial charge on any atom is 0.250 e. The van der Waals surface area contributed by atoms with Crippen LogP contribution >= 0.6 is 21.6 Å². The average Bonchev–Trinajstić information content (AvgIpc) is 2.82. The number of carbonyl (C=O) groups excluding carboxylic acids is 2. The zero-order chi connectivity index (χ0) is 26.8. The molecule has 206 valence electrons. The van der Waals surface area contributed by atoms with E-state index in [1.54, 1.807) is 21.6 Å². The third kappa shape index (κ3) is 14.4. The molecule has 0 radical (unpaired) electrons. The van der Waals surface area contributed by atoms with E-state index >= 15 is 0 Å². The van der Waals surface area contributed by atoms with Crippen LogP contribution in [0, 0.1) is 0 Å². The highest BCUT2D eigenvalue weighted by molar-refractivity contribution is 8.76. The van der Waals surface area contributed by atoms with Crippen molar-refractivity contribution in [1.29, 1.82) is 0 Å². The highest BCUT2D eigenvalue weighted by atomic mass is 33.1. The van der Waals surface area contributed by atoms with Gasteiger partial charge in [-0.25, -0.2) is 0 Å². The van der Waals surface area contributed by atoms with E-state index in [1.165, 1.54) is 11.1 Å². The van der Waals surface area contributed by atoms with Crippen LogP contribution in [0.1, 0.15) is 44.1 Å². The van der Waals surface area contributed by atoms with Crippen LogP contribution in [0.25, 0.3) is 0 Å². The largest absolute Gasteiger partial charge is 0.378 e. The van der Waals surface area contributed by atoms with Crippen LogP contribution in [0.5, 0.6) is 0 Å². The molecule has 0 aromatic heterocycles. The molecule has 36 heavy (non-hydrogen) atoms. The van der Waals surface area contributed by atoms with Gasteiger partial charge in [-0.1, -0.05) is 48.4 Å². The molecule has 4 N–H and O–H groups in total. The Balaban J connectivity index is 2.22. The first kappa shape index (κ1) is 32.7. The van der Waals surface area contributed by atoms with Crippen molar-refractivity contribution < 1.29 is 28.5 Å². The lowest BCUT2D eigenvalue weighted by Crippen LogP contribution is -2.31. The molecule has 1 unspecified atom stereocenters. The summed E-state index contributed by atoms with van der Waals surface area (Å²) in [5.41, 5.74) is 8.59. The van der Waals surface area contributed by atoms with Gasteiger partial charge in [0.05, 0.1) is 39.6 Å². The van der Waals surface area contributed by atoms with Crippen molar-refractivity contribution in [3.63, 3.8) is 0 Å². The first-order chi connectivity index (χ1) is 17.2. The monoisotopic (exact) mass is 545 g/mol. The van der Waals surface area contributed by atoms with Gasteiger partial charge in [-0.2, -0.15) is 0 Å². The van der Waals surface area contributed by atoms with Gasteiger partial charge < -0.3 is 35.3 Å². The first-order valence-electron chi connectivity index (χ1n) is 12.1. The van der Waals surface area contributed by atoms with Crippen molar-refractivity contribution in [1.82, 2.24) is 5.32 Å². The second-order valence-corrected chi connectivity index (χ2v) is 11.8. The van der Waals surface area contributed by atoms with Crippen molar-refractivity contribution >= 4 is 39.1 Å². The highest BCUT2D eigenvalue weighted by Crippen LogP contribution is 2.41. The zero-order valence-electron chi connectivity index (χ0n) is 22.2. The van der Waals surface area contributed by atoms with Crippen molar-refractivity contribution in [2.24, 2.45) is 5.73 Å². The predicted octanol–water partition coefficient (Wildman–Crippen LogP) is 3.14. The number of nitrogens with one attached hydrogen (secondary N) is 2. The Labute approximate surface area is 223 Å². The molecule has 0 aliphatic heterocycles. The van der Waals surface area contributed by atoms with E-state index in [4.69, 9.17) is 24.7 Å². The lowest BCUT2D eigenvalue weighted by molar-refractivity contribution is -0.126. The van der Waals surface area contributed by atoms with E-state index in [0.29, 0.717) is 51.4 Å². The Hall–Kier alpha value is -1.34. The number of hydrogen-bond acceptors (Lipinski definition) is 9. The van der Waals surface area contributed by atoms with E-state index in [0.717, 1.165) is 5.69 Å². The number of benzene rings is 1. The van der Waals surface area contributed by atoms with Crippen LogP contribution < -0.4 is 16.4 Å². The van der Waals surface area contributed by atoms with Crippen LogP contribution in [0.2, 0.25) is 0 Å². The smallest absolute Gasteiger partial charge is 0.250 e. The number of amides is 2. The number of hydrogen-bond donors (Lipinski definition) is 3.